The second-order valence-electron chi connectivity index (χ2n) is 4.31. The van der Waals surface area contributed by atoms with Gasteiger partial charge in [0, 0.05) is 12.6 Å². The molecule has 0 bridgehead atoms. The van der Waals surface area contributed by atoms with Crippen molar-refractivity contribution in [2.75, 3.05) is 6.54 Å². The van der Waals surface area contributed by atoms with E-state index in [-0.39, 0.29) is 17.6 Å². The topological polar surface area (TPSA) is 68.0 Å². The minimum Gasteiger partial charge on any atom is -0.349 e. The normalized spacial score (nSPS) is 12.5. The van der Waals surface area contributed by atoms with Crippen molar-refractivity contribution in [2.24, 2.45) is 11.7 Å². The van der Waals surface area contributed by atoms with Crippen LogP contribution in [-0.4, -0.2) is 23.5 Å². The number of rotatable bonds is 6. The zero-order valence-electron chi connectivity index (χ0n) is 10.8. The van der Waals surface area contributed by atoms with Crippen LogP contribution in [0.3, 0.4) is 0 Å². The highest BCUT2D eigenvalue weighted by Crippen LogP contribution is 2.10. The lowest BCUT2D eigenvalue weighted by molar-refractivity contribution is 0.0943. The Morgan fingerprint density at radius 2 is 2.11 bits per heavy atom. The fourth-order valence-corrected chi connectivity index (χ4v) is 1.87. The molecule has 3 N–H and O–H groups in total. The molecule has 0 saturated carbocycles. The van der Waals surface area contributed by atoms with Crippen LogP contribution in [0.1, 0.15) is 37.2 Å². The Labute approximate surface area is 107 Å². The summed E-state index contributed by atoms with van der Waals surface area (Å²) in [6, 6.07) is 2.50. The molecule has 0 spiro atoms. The number of carbonyl (C=O) groups is 1. The van der Waals surface area contributed by atoms with Gasteiger partial charge in [-0.05, 0) is 18.1 Å². The summed E-state index contributed by atoms with van der Waals surface area (Å²) in [4.78, 5) is 15.4. The SMILES string of the molecule is CCC(CC)C(N)CNC(=O)c1ccc(F)cn1. The summed E-state index contributed by atoms with van der Waals surface area (Å²) in [5.41, 5.74) is 6.20. The van der Waals surface area contributed by atoms with E-state index < -0.39 is 5.82 Å². The van der Waals surface area contributed by atoms with E-state index in [0.717, 1.165) is 19.0 Å². The number of hydrogen-bond donors (Lipinski definition) is 2. The first-order valence-corrected chi connectivity index (χ1v) is 6.23. The molecule has 1 atom stereocenters. The zero-order valence-corrected chi connectivity index (χ0v) is 10.8. The molecule has 1 amide bonds. The molecule has 0 aliphatic carbocycles. The van der Waals surface area contributed by atoms with Crippen molar-refractivity contribution in [3.05, 3.63) is 29.8 Å². The highest BCUT2D eigenvalue weighted by molar-refractivity contribution is 5.92. The van der Waals surface area contributed by atoms with Crippen molar-refractivity contribution >= 4 is 5.91 Å². The number of aromatic nitrogens is 1. The first-order chi connectivity index (χ1) is 8.58. The molecule has 1 unspecified atom stereocenters. The first-order valence-electron chi connectivity index (χ1n) is 6.23. The monoisotopic (exact) mass is 253 g/mol. The fourth-order valence-electron chi connectivity index (χ4n) is 1.87. The predicted molar refractivity (Wildman–Crippen MR) is 68.6 cm³/mol. The van der Waals surface area contributed by atoms with Gasteiger partial charge < -0.3 is 11.1 Å². The lowest BCUT2D eigenvalue weighted by Crippen LogP contribution is -2.42. The first kappa shape index (κ1) is 14.6. The Balaban J connectivity index is 2.48. The number of carbonyl (C=O) groups excluding carboxylic acids is 1. The van der Waals surface area contributed by atoms with Crippen molar-refractivity contribution in [1.82, 2.24) is 10.3 Å². The second-order valence-corrected chi connectivity index (χ2v) is 4.31. The molecular weight excluding hydrogens is 233 g/mol. The summed E-state index contributed by atoms with van der Waals surface area (Å²) in [6.45, 7) is 4.57. The molecular formula is C13H20FN3O. The van der Waals surface area contributed by atoms with Gasteiger partial charge in [-0.2, -0.15) is 0 Å². The minimum absolute atomic E-state index is 0.0654. The van der Waals surface area contributed by atoms with Crippen LogP contribution in [0.25, 0.3) is 0 Å². The Kier molecular flexibility index (Phi) is 5.71. The van der Waals surface area contributed by atoms with E-state index in [1.165, 1.54) is 12.1 Å². The van der Waals surface area contributed by atoms with Crippen LogP contribution in [0.4, 0.5) is 4.39 Å². The third-order valence-electron chi connectivity index (χ3n) is 3.11. The molecule has 1 rings (SSSR count). The molecule has 0 fully saturated rings. The number of nitrogens with one attached hydrogen (secondary N) is 1. The maximum Gasteiger partial charge on any atom is 0.269 e. The number of nitrogens with two attached hydrogens (primary N) is 1. The van der Waals surface area contributed by atoms with Gasteiger partial charge >= 0.3 is 0 Å². The zero-order chi connectivity index (χ0) is 13.5. The van der Waals surface area contributed by atoms with Crippen molar-refractivity contribution in [3.63, 3.8) is 0 Å². The van der Waals surface area contributed by atoms with E-state index in [1.807, 2.05) is 0 Å². The third kappa shape index (κ3) is 4.07. The van der Waals surface area contributed by atoms with Crippen molar-refractivity contribution in [2.45, 2.75) is 32.7 Å². The highest BCUT2D eigenvalue weighted by atomic mass is 19.1. The van der Waals surface area contributed by atoms with Crippen LogP contribution in [0.5, 0.6) is 0 Å². The smallest absolute Gasteiger partial charge is 0.269 e. The molecule has 18 heavy (non-hydrogen) atoms. The van der Waals surface area contributed by atoms with Crippen LogP contribution in [-0.2, 0) is 0 Å². The van der Waals surface area contributed by atoms with Gasteiger partial charge in [-0.3, -0.25) is 4.79 Å². The van der Waals surface area contributed by atoms with Crippen LogP contribution in [0.15, 0.2) is 18.3 Å². The van der Waals surface area contributed by atoms with E-state index in [9.17, 15) is 9.18 Å². The number of halogens is 1. The Hall–Kier alpha value is -1.49. The average Bonchev–Trinajstić information content (AvgIpc) is 2.38. The predicted octanol–water partition coefficient (Wildman–Crippen LogP) is 1.71. The van der Waals surface area contributed by atoms with Crippen LogP contribution < -0.4 is 11.1 Å². The Bertz CT molecular complexity index is 376. The summed E-state index contributed by atoms with van der Waals surface area (Å²) < 4.78 is 12.6. The highest BCUT2D eigenvalue weighted by Gasteiger charge is 2.15. The van der Waals surface area contributed by atoms with Crippen LogP contribution in [0.2, 0.25) is 0 Å². The van der Waals surface area contributed by atoms with E-state index in [4.69, 9.17) is 5.73 Å². The summed E-state index contributed by atoms with van der Waals surface area (Å²) in [5.74, 6) is -0.386. The fraction of sp³-hybridized carbons (Fsp3) is 0.538. The lowest BCUT2D eigenvalue weighted by atomic mass is 9.95. The molecule has 100 valence electrons. The van der Waals surface area contributed by atoms with Gasteiger partial charge in [-0.15, -0.1) is 0 Å². The van der Waals surface area contributed by atoms with E-state index in [2.05, 4.69) is 24.1 Å². The van der Waals surface area contributed by atoms with Crippen molar-refractivity contribution in [1.29, 1.82) is 0 Å². The van der Waals surface area contributed by atoms with Crippen LogP contribution >= 0.6 is 0 Å². The summed E-state index contributed by atoms with van der Waals surface area (Å²) in [7, 11) is 0. The molecule has 5 heteroatoms. The Morgan fingerprint density at radius 1 is 1.44 bits per heavy atom. The Morgan fingerprint density at radius 3 is 2.61 bits per heavy atom. The van der Waals surface area contributed by atoms with Crippen molar-refractivity contribution < 1.29 is 9.18 Å². The molecule has 0 aliphatic rings. The molecule has 1 heterocycles. The van der Waals surface area contributed by atoms with Gasteiger partial charge in [-0.25, -0.2) is 9.37 Å². The molecule has 1 aromatic heterocycles. The van der Waals surface area contributed by atoms with Gasteiger partial charge in [-0.1, -0.05) is 26.7 Å². The van der Waals surface area contributed by atoms with E-state index in [0.29, 0.717) is 12.5 Å². The second kappa shape index (κ2) is 7.06. The molecule has 0 aliphatic heterocycles. The van der Waals surface area contributed by atoms with E-state index >= 15 is 0 Å². The van der Waals surface area contributed by atoms with Gasteiger partial charge in [0.2, 0.25) is 0 Å². The van der Waals surface area contributed by atoms with Gasteiger partial charge in [0.15, 0.2) is 0 Å². The average molecular weight is 253 g/mol. The maximum atomic E-state index is 12.6. The summed E-state index contributed by atoms with van der Waals surface area (Å²) in [6.07, 6.45) is 3.00. The largest absolute Gasteiger partial charge is 0.349 e. The molecule has 1 aromatic rings. The standard InChI is InChI=1S/C13H20FN3O/c1-3-9(4-2)11(15)8-17-13(18)12-6-5-10(14)7-16-12/h5-7,9,11H,3-4,8,15H2,1-2H3,(H,17,18). The third-order valence-corrected chi connectivity index (χ3v) is 3.11. The number of nitrogens with zero attached hydrogens (tertiary/aromatic N) is 1. The van der Waals surface area contributed by atoms with Gasteiger partial charge in [0.1, 0.15) is 11.5 Å². The molecule has 0 radical (unpaired) electrons. The lowest BCUT2D eigenvalue weighted by Gasteiger charge is -2.21. The number of amides is 1. The molecule has 0 aromatic carbocycles. The minimum atomic E-state index is -0.458. The molecule has 4 nitrogen and oxygen atoms in total. The van der Waals surface area contributed by atoms with Crippen LogP contribution in [0, 0.1) is 11.7 Å². The summed E-state index contributed by atoms with van der Waals surface area (Å²) >= 11 is 0. The summed E-state index contributed by atoms with van der Waals surface area (Å²) in [5, 5.41) is 2.72. The molecule has 0 saturated heterocycles. The van der Waals surface area contributed by atoms with Gasteiger partial charge in [0.05, 0.1) is 6.20 Å². The quantitative estimate of drug-likeness (QED) is 0.811. The number of hydrogen-bond acceptors (Lipinski definition) is 3. The van der Waals surface area contributed by atoms with E-state index in [1.54, 1.807) is 0 Å². The van der Waals surface area contributed by atoms with Crippen molar-refractivity contribution in [3.8, 4) is 0 Å². The van der Waals surface area contributed by atoms with Gasteiger partial charge in [0.25, 0.3) is 5.91 Å². The number of pyridine rings is 1. The maximum absolute atomic E-state index is 12.6.